The molecule has 21 heavy (non-hydrogen) atoms. The van der Waals surface area contributed by atoms with E-state index in [1.165, 1.54) is 12.1 Å². The van der Waals surface area contributed by atoms with Gasteiger partial charge in [0.05, 0.1) is 10.6 Å². The molecule has 0 fully saturated rings. The van der Waals surface area contributed by atoms with Gasteiger partial charge >= 0.3 is 0 Å². The summed E-state index contributed by atoms with van der Waals surface area (Å²) in [5.74, 6) is -0.576. The first-order chi connectivity index (χ1) is 9.83. The van der Waals surface area contributed by atoms with Gasteiger partial charge in [-0.1, -0.05) is 28.9 Å². The highest BCUT2D eigenvalue weighted by atomic mass is 79.9. The van der Waals surface area contributed by atoms with Gasteiger partial charge in [0.25, 0.3) is 10.0 Å². The molecule has 0 saturated carbocycles. The summed E-state index contributed by atoms with van der Waals surface area (Å²) < 4.78 is 41.6. The zero-order valence-corrected chi connectivity index (χ0v) is 14.1. The summed E-state index contributed by atoms with van der Waals surface area (Å²) in [5.41, 5.74) is 1.87. The van der Waals surface area contributed by atoms with Gasteiger partial charge in [-0.15, -0.1) is 0 Å². The molecule has 3 nitrogen and oxygen atoms in total. The van der Waals surface area contributed by atoms with Crippen LogP contribution in [0.1, 0.15) is 18.1 Å². The van der Waals surface area contributed by atoms with Crippen LogP contribution in [0.5, 0.6) is 0 Å². The second-order valence-corrected chi connectivity index (χ2v) is 7.24. The molecule has 6 heteroatoms. The summed E-state index contributed by atoms with van der Waals surface area (Å²) in [6.45, 7) is 3.57. The van der Waals surface area contributed by atoms with Crippen LogP contribution in [0.3, 0.4) is 0 Å². The van der Waals surface area contributed by atoms with E-state index in [0.29, 0.717) is 17.7 Å². The van der Waals surface area contributed by atoms with Crippen LogP contribution in [-0.4, -0.2) is 8.42 Å². The SMILES string of the molecule is CCc1cc(Br)ccc1NS(=O)(=O)c1cc(F)ccc1C. The highest BCUT2D eigenvalue weighted by Gasteiger charge is 2.19. The molecule has 0 aromatic heterocycles. The number of hydrogen-bond donors (Lipinski definition) is 1. The smallest absolute Gasteiger partial charge is 0.262 e. The fourth-order valence-corrected chi connectivity index (χ4v) is 3.78. The van der Waals surface area contributed by atoms with Crippen molar-refractivity contribution in [2.24, 2.45) is 0 Å². The third kappa shape index (κ3) is 3.63. The molecule has 112 valence electrons. The average molecular weight is 372 g/mol. The summed E-state index contributed by atoms with van der Waals surface area (Å²) in [5, 5.41) is 0. The van der Waals surface area contributed by atoms with Gasteiger partial charge in [-0.2, -0.15) is 0 Å². The molecule has 0 aliphatic carbocycles. The third-order valence-electron chi connectivity index (χ3n) is 3.13. The second kappa shape index (κ2) is 6.15. The molecule has 1 N–H and O–H groups in total. The van der Waals surface area contributed by atoms with Crippen LogP contribution in [0.15, 0.2) is 45.8 Å². The molecule has 0 atom stereocenters. The first kappa shape index (κ1) is 16.0. The minimum Gasteiger partial charge on any atom is -0.279 e. The standard InChI is InChI=1S/C15H15BrFNO2S/c1-3-11-8-12(16)5-7-14(11)18-21(19,20)15-9-13(17)6-4-10(15)2/h4-9,18H,3H2,1-2H3. The summed E-state index contributed by atoms with van der Waals surface area (Å²) >= 11 is 3.36. The van der Waals surface area contributed by atoms with E-state index in [1.807, 2.05) is 13.0 Å². The topological polar surface area (TPSA) is 46.2 Å². The zero-order valence-electron chi connectivity index (χ0n) is 11.7. The number of rotatable bonds is 4. The fraction of sp³-hybridized carbons (Fsp3) is 0.200. The van der Waals surface area contributed by atoms with Crippen molar-refractivity contribution >= 4 is 31.6 Å². The zero-order chi connectivity index (χ0) is 15.6. The van der Waals surface area contributed by atoms with Crippen LogP contribution in [0, 0.1) is 12.7 Å². The Bertz CT molecular complexity index is 775. The van der Waals surface area contributed by atoms with Gasteiger partial charge in [-0.25, -0.2) is 12.8 Å². The van der Waals surface area contributed by atoms with Gasteiger partial charge in [0.1, 0.15) is 5.82 Å². The fourth-order valence-electron chi connectivity index (χ4n) is 2.02. The Hall–Kier alpha value is -1.40. The molecule has 0 radical (unpaired) electrons. The highest BCUT2D eigenvalue weighted by Crippen LogP contribution is 2.25. The number of nitrogens with one attached hydrogen (secondary N) is 1. The molecule has 0 aliphatic rings. The van der Waals surface area contributed by atoms with Crippen molar-refractivity contribution in [3.63, 3.8) is 0 Å². The lowest BCUT2D eigenvalue weighted by Gasteiger charge is -2.13. The highest BCUT2D eigenvalue weighted by molar-refractivity contribution is 9.10. The Morgan fingerprint density at radius 1 is 1.19 bits per heavy atom. The summed E-state index contributed by atoms with van der Waals surface area (Å²) in [7, 11) is -3.82. The third-order valence-corrected chi connectivity index (χ3v) is 5.13. The predicted molar refractivity (Wildman–Crippen MR) is 85.5 cm³/mol. The molecule has 2 rings (SSSR count). The molecule has 0 aliphatic heterocycles. The van der Waals surface area contributed by atoms with Gasteiger partial charge in [0.2, 0.25) is 0 Å². The Morgan fingerprint density at radius 3 is 2.57 bits per heavy atom. The van der Waals surface area contributed by atoms with Gasteiger partial charge < -0.3 is 0 Å². The maximum Gasteiger partial charge on any atom is 0.262 e. The minimum atomic E-state index is -3.82. The number of aryl methyl sites for hydroxylation is 2. The monoisotopic (exact) mass is 371 g/mol. The van der Waals surface area contributed by atoms with Crippen LogP contribution in [-0.2, 0) is 16.4 Å². The Labute approximate surface area is 132 Å². The van der Waals surface area contributed by atoms with Gasteiger partial charge in [-0.05, 0) is 54.8 Å². The van der Waals surface area contributed by atoms with Crippen molar-refractivity contribution < 1.29 is 12.8 Å². The van der Waals surface area contributed by atoms with Crippen LogP contribution >= 0.6 is 15.9 Å². The van der Waals surface area contributed by atoms with Crippen molar-refractivity contribution in [2.45, 2.75) is 25.2 Å². The Morgan fingerprint density at radius 2 is 1.90 bits per heavy atom. The number of hydrogen-bond acceptors (Lipinski definition) is 2. The largest absolute Gasteiger partial charge is 0.279 e. The van der Waals surface area contributed by atoms with Crippen LogP contribution in [0.2, 0.25) is 0 Å². The van der Waals surface area contributed by atoms with E-state index in [2.05, 4.69) is 20.7 Å². The first-order valence-electron chi connectivity index (χ1n) is 6.41. The second-order valence-electron chi connectivity index (χ2n) is 4.67. The van der Waals surface area contributed by atoms with E-state index in [9.17, 15) is 12.8 Å². The average Bonchev–Trinajstić information content (AvgIpc) is 2.43. The predicted octanol–water partition coefficient (Wildman–Crippen LogP) is 4.26. The van der Waals surface area contributed by atoms with Crippen molar-refractivity contribution in [1.82, 2.24) is 0 Å². The van der Waals surface area contributed by atoms with Crippen molar-refractivity contribution in [2.75, 3.05) is 4.72 Å². The van der Waals surface area contributed by atoms with Crippen molar-refractivity contribution in [1.29, 1.82) is 0 Å². The van der Waals surface area contributed by atoms with E-state index in [-0.39, 0.29) is 4.90 Å². The lowest BCUT2D eigenvalue weighted by Crippen LogP contribution is -2.15. The minimum absolute atomic E-state index is 0.0486. The summed E-state index contributed by atoms with van der Waals surface area (Å²) in [6.07, 6.45) is 0.680. The molecule has 0 saturated heterocycles. The summed E-state index contributed by atoms with van der Waals surface area (Å²) in [4.78, 5) is -0.0486. The quantitative estimate of drug-likeness (QED) is 0.872. The lowest BCUT2D eigenvalue weighted by molar-refractivity contribution is 0.594. The van der Waals surface area contributed by atoms with Gasteiger partial charge in [0.15, 0.2) is 0 Å². The van der Waals surface area contributed by atoms with Crippen molar-refractivity contribution in [3.8, 4) is 0 Å². The first-order valence-corrected chi connectivity index (χ1v) is 8.68. The molecule has 0 unspecified atom stereocenters. The number of benzene rings is 2. The molecule has 0 heterocycles. The van der Waals surface area contributed by atoms with Crippen LogP contribution in [0.4, 0.5) is 10.1 Å². The van der Waals surface area contributed by atoms with Crippen molar-refractivity contribution in [3.05, 3.63) is 57.8 Å². The normalized spacial score (nSPS) is 11.4. The Kier molecular flexibility index (Phi) is 4.68. The molecular weight excluding hydrogens is 357 g/mol. The molecule has 0 spiro atoms. The lowest BCUT2D eigenvalue weighted by atomic mass is 10.1. The number of anilines is 1. The van der Waals surface area contributed by atoms with Gasteiger partial charge in [0, 0.05) is 4.47 Å². The Balaban J connectivity index is 2.45. The van der Waals surface area contributed by atoms with E-state index in [4.69, 9.17) is 0 Å². The molecule has 2 aromatic carbocycles. The van der Waals surface area contributed by atoms with E-state index in [1.54, 1.807) is 19.1 Å². The van der Waals surface area contributed by atoms with Gasteiger partial charge in [-0.3, -0.25) is 4.72 Å². The molecule has 0 amide bonds. The van der Waals surface area contributed by atoms with E-state index >= 15 is 0 Å². The van der Waals surface area contributed by atoms with E-state index < -0.39 is 15.8 Å². The molecular formula is C15H15BrFNO2S. The van der Waals surface area contributed by atoms with Crippen LogP contribution in [0.25, 0.3) is 0 Å². The maximum atomic E-state index is 13.3. The number of halogens is 2. The molecule has 0 bridgehead atoms. The maximum absolute atomic E-state index is 13.3. The molecule has 2 aromatic rings. The number of sulfonamides is 1. The van der Waals surface area contributed by atoms with Crippen LogP contribution < -0.4 is 4.72 Å². The summed E-state index contributed by atoms with van der Waals surface area (Å²) in [6, 6.07) is 9.03. The van der Waals surface area contributed by atoms with E-state index in [0.717, 1.165) is 16.1 Å².